The molecule has 0 fully saturated rings. The highest BCUT2D eigenvalue weighted by molar-refractivity contribution is 6.35. The van der Waals surface area contributed by atoms with Gasteiger partial charge in [0.15, 0.2) is 0 Å². The summed E-state index contributed by atoms with van der Waals surface area (Å²) in [5, 5.41) is 1.28. The molecule has 0 spiro atoms. The molecule has 1 N–H and O–H groups in total. The molecule has 1 nitrogen and oxygen atoms in total. The number of fused-ring (bicyclic) bond motifs is 1. The van der Waals surface area contributed by atoms with E-state index < -0.39 is 0 Å². The minimum absolute atomic E-state index is 0.269. The maximum absolute atomic E-state index is 12.9. The van der Waals surface area contributed by atoms with Gasteiger partial charge in [-0.3, -0.25) is 0 Å². The van der Waals surface area contributed by atoms with Crippen molar-refractivity contribution in [1.29, 1.82) is 0 Å². The summed E-state index contributed by atoms with van der Waals surface area (Å²) in [6, 6.07) is 4.81. The first kappa shape index (κ1) is 6.68. The van der Waals surface area contributed by atoms with E-state index in [4.69, 9.17) is 11.6 Å². The monoisotopic (exact) mass is 169 g/mol. The number of rotatable bonds is 0. The molecule has 0 aliphatic carbocycles. The minimum atomic E-state index is -0.269. The molecule has 1 aromatic carbocycles. The number of aromatic nitrogens is 1. The Labute approximate surface area is 67.8 Å². The molecule has 0 atom stereocenters. The molecule has 0 unspecified atom stereocenters. The number of benzene rings is 1. The Morgan fingerprint density at radius 1 is 1.36 bits per heavy atom. The highest BCUT2D eigenvalue weighted by atomic mass is 35.5. The lowest BCUT2D eigenvalue weighted by molar-refractivity contribution is 0.637. The van der Waals surface area contributed by atoms with Crippen molar-refractivity contribution in [3.8, 4) is 0 Å². The fraction of sp³-hybridized carbons (Fsp3) is 0. The van der Waals surface area contributed by atoms with Crippen LogP contribution >= 0.6 is 11.6 Å². The quantitative estimate of drug-likeness (QED) is 0.624. The zero-order valence-electron chi connectivity index (χ0n) is 5.57. The molecule has 56 valence electrons. The minimum Gasteiger partial charge on any atom is -0.357 e. The molecule has 3 heteroatoms. The summed E-state index contributed by atoms with van der Waals surface area (Å²) in [7, 11) is 0. The summed E-state index contributed by atoms with van der Waals surface area (Å²) in [6.45, 7) is 0. The number of hydrogen-bond donors (Lipinski definition) is 1. The molecule has 1 heterocycles. The van der Waals surface area contributed by atoms with Gasteiger partial charge in [0.05, 0.1) is 10.5 Å². The number of para-hydroxylation sites is 1. The number of aromatic amines is 1. The Balaban J connectivity index is 2.94. The summed E-state index contributed by atoms with van der Waals surface area (Å²) in [4.78, 5) is 2.75. The second-order valence-electron chi connectivity index (χ2n) is 2.30. The number of halogens is 2. The molecule has 2 rings (SSSR count). The van der Waals surface area contributed by atoms with Crippen LogP contribution < -0.4 is 0 Å². The Kier molecular flexibility index (Phi) is 1.36. The van der Waals surface area contributed by atoms with Crippen molar-refractivity contribution in [3.63, 3.8) is 0 Å². The predicted octanol–water partition coefficient (Wildman–Crippen LogP) is 2.96. The molecule has 0 aliphatic rings. The molecule has 0 saturated carbocycles. The van der Waals surface area contributed by atoms with Crippen molar-refractivity contribution in [2.75, 3.05) is 0 Å². The highest BCUT2D eigenvalue weighted by Crippen LogP contribution is 2.23. The highest BCUT2D eigenvalue weighted by Gasteiger charge is 2.03. The Morgan fingerprint density at radius 3 is 2.91 bits per heavy atom. The lowest BCUT2D eigenvalue weighted by Gasteiger charge is -1.90. The maximum atomic E-state index is 12.9. The van der Waals surface area contributed by atoms with E-state index in [-0.39, 0.29) is 5.82 Å². The van der Waals surface area contributed by atoms with Gasteiger partial charge in [-0.25, -0.2) is 4.39 Å². The summed E-state index contributed by atoms with van der Waals surface area (Å²) in [5.74, 6) is -0.269. The van der Waals surface area contributed by atoms with Crippen LogP contribution in [0.25, 0.3) is 10.9 Å². The smallest absolute Gasteiger partial charge is 0.147 e. The van der Waals surface area contributed by atoms with Crippen molar-refractivity contribution in [2.45, 2.75) is 0 Å². The zero-order chi connectivity index (χ0) is 7.84. The molecule has 0 amide bonds. The van der Waals surface area contributed by atoms with Crippen LogP contribution in [0.2, 0.25) is 5.02 Å². The van der Waals surface area contributed by atoms with Gasteiger partial charge in [0, 0.05) is 11.6 Å². The van der Waals surface area contributed by atoms with Gasteiger partial charge >= 0.3 is 0 Å². The summed E-state index contributed by atoms with van der Waals surface area (Å²) in [6.07, 6.45) is 1.58. The Bertz CT molecular complexity index is 394. The van der Waals surface area contributed by atoms with E-state index in [1.807, 2.05) is 0 Å². The largest absolute Gasteiger partial charge is 0.357 e. The second-order valence-corrected chi connectivity index (χ2v) is 2.71. The number of H-pyrrole nitrogens is 1. The molecular weight excluding hydrogens is 165 g/mol. The van der Waals surface area contributed by atoms with Crippen LogP contribution in [-0.2, 0) is 0 Å². The predicted molar refractivity (Wildman–Crippen MR) is 43.3 cm³/mol. The first-order valence-electron chi connectivity index (χ1n) is 3.20. The van der Waals surface area contributed by atoms with Gasteiger partial charge in [-0.1, -0.05) is 23.7 Å². The second kappa shape index (κ2) is 2.24. The lowest BCUT2D eigenvalue weighted by atomic mass is 10.2. The Hall–Kier alpha value is -1.02. The van der Waals surface area contributed by atoms with Crippen LogP contribution in [0.15, 0.2) is 24.4 Å². The maximum Gasteiger partial charge on any atom is 0.147 e. The molecule has 0 saturated heterocycles. The van der Waals surface area contributed by atoms with E-state index in [1.54, 1.807) is 18.3 Å². The summed E-state index contributed by atoms with van der Waals surface area (Å²) >= 11 is 5.75. The van der Waals surface area contributed by atoms with Crippen LogP contribution in [0.1, 0.15) is 0 Å². The fourth-order valence-electron chi connectivity index (χ4n) is 1.08. The molecule has 11 heavy (non-hydrogen) atoms. The third-order valence-corrected chi connectivity index (χ3v) is 1.93. The van der Waals surface area contributed by atoms with E-state index in [2.05, 4.69) is 4.98 Å². The fourth-order valence-corrected chi connectivity index (χ4v) is 1.30. The van der Waals surface area contributed by atoms with Crippen LogP contribution in [0.4, 0.5) is 4.39 Å². The van der Waals surface area contributed by atoms with Gasteiger partial charge in [0.2, 0.25) is 0 Å². The van der Waals surface area contributed by atoms with Crippen molar-refractivity contribution >= 4 is 22.5 Å². The van der Waals surface area contributed by atoms with Gasteiger partial charge in [0.1, 0.15) is 5.82 Å². The van der Waals surface area contributed by atoms with Gasteiger partial charge in [-0.2, -0.15) is 0 Å². The topological polar surface area (TPSA) is 15.8 Å². The molecular formula is C8H5ClFN. The van der Waals surface area contributed by atoms with Crippen molar-refractivity contribution < 1.29 is 4.39 Å². The van der Waals surface area contributed by atoms with Crippen LogP contribution in [0, 0.1) is 5.82 Å². The van der Waals surface area contributed by atoms with Crippen molar-refractivity contribution in [3.05, 3.63) is 35.2 Å². The van der Waals surface area contributed by atoms with E-state index in [0.29, 0.717) is 10.5 Å². The standard InChI is InChI=1S/C8H5ClFN/c9-6-4-11-8-5(6)2-1-3-7(8)10/h1-4,11H. The number of hydrogen-bond acceptors (Lipinski definition) is 0. The van der Waals surface area contributed by atoms with Crippen LogP contribution in [0.3, 0.4) is 0 Å². The van der Waals surface area contributed by atoms with Gasteiger partial charge in [0.25, 0.3) is 0 Å². The summed E-state index contributed by atoms with van der Waals surface area (Å²) < 4.78 is 12.9. The first-order valence-corrected chi connectivity index (χ1v) is 3.58. The van der Waals surface area contributed by atoms with Gasteiger partial charge in [-0.05, 0) is 6.07 Å². The van der Waals surface area contributed by atoms with Crippen molar-refractivity contribution in [2.24, 2.45) is 0 Å². The first-order chi connectivity index (χ1) is 5.29. The molecule has 2 aromatic rings. The van der Waals surface area contributed by atoms with E-state index >= 15 is 0 Å². The summed E-state index contributed by atoms with van der Waals surface area (Å²) in [5.41, 5.74) is 0.470. The van der Waals surface area contributed by atoms with Crippen LogP contribution in [0.5, 0.6) is 0 Å². The third kappa shape index (κ3) is 0.906. The zero-order valence-corrected chi connectivity index (χ0v) is 6.32. The molecule has 0 radical (unpaired) electrons. The normalized spacial score (nSPS) is 10.7. The molecule has 1 aromatic heterocycles. The SMILES string of the molecule is Fc1cccc2c(Cl)c[nH]c12. The molecule has 0 bridgehead atoms. The average Bonchev–Trinajstić information content (AvgIpc) is 2.35. The van der Waals surface area contributed by atoms with E-state index in [0.717, 1.165) is 5.39 Å². The molecule has 0 aliphatic heterocycles. The van der Waals surface area contributed by atoms with Gasteiger partial charge < -0.3 is 4.98 Å². The van der Waals surface area contributed by atoms with Gasteiger partial charge in [-0.15, -0.1) is 0 Å². The average molecular weight is 170 g/mol. The Morgan fingerprint density at radius 2 is 2.18 bits per heavy atom. The van der Waals surface area contributed by atoms with E-state index in [9.17, 15) is 4.39 Å². The van der Waals surface area contributed by atoms with Crippen molar-refractivity contribution in [1.82, 2.24) is 4.98 Å². The third-order valence-electron chi connectivity index (χ3n) is 1.61. The lowest BCUT2D eigenvalue weighted by Crippen LogP contribution is -1.74. The van der Waals surface area contributed by atoms with E-state index in [1.165, 1.54) is 6.07 Å². The van der Waals surface area contributed by atoms with Crippen LogP contribution in [-0.4, -0.2) is 4.98 Å². The number of nitrogens with one attached hydrogen (secondary N) is 1.